The number of carbonyl (C=O) groups is 3. The summed E-state index contributed by atoms with van der Waals surface area (Å²) in [5.41, 5.74) is 5.20. The third kappa shape index (κ3) is 2.26. The van der Waals surface area contributed by atoms with Gasteiger partial charge in [0.2, 0.25) is 11.8 Å². The van der Waals surface area contributed by atoms with Crippen LogP contribution < -0.4 is 10.6 Å². The minimum atomic E-state index is -1.20. The van der Waals surface area contributed by atoms with E-state index in [4.69, 9.17) is 5.73 Å². The lowest BCUT2D eigenvalue weighted by Gasteiger charge is -2.24. The number of benzene rings is 1. The standard InChI is InChI=1S/C15H18N2O4/c1-3-15(4-2)8-12(18)17(14(15)21)11-7-9(16)5-6-10(11)13(19)20/h5-7H,3-4,8,16H2,1-2H3,(H,19,20). The Morgan fingerprint density at radius 2 is 1.95 bits per heavy atom. The minimum absolute atomic E-state index is 0.0567. The lowest BCUT2D eigenvalue weighted by atomic mass is 9.81. The lowest BCUT2D eigenvalue weighted by Crippen LogP contribution is -2.36. The van der Waals surface area contributed by atoms with E-state index >= 15 is 0 Å². The summed E-state index contributed by atoms with van der Waals surface area (Å²) >= 11 is 0. The van der Waals surface area contributed by atoms with Crippen LogP contribution in [0.25, 0.3) is 0 Å². The zero-order chi connectivity index (χ0) is 15.8. The number of rotatable bonds is 4. The number of amides is 2. The molecule has 3 N–H and O–H groups in total. The number of anilines is 2. The maximum atomic E-state index is 12.7. The fraction of sp³-hybridized carbons (Fsp3) is 0.400. The van der Waals surface area contributed by atoms with E-state index in [0.717, 1.165) is 4.90 Å². The van der Waals surface area contributed by atoms with Crippen molar-refractivity contribution in [2.45, 2.75) is 33.1 Å². The molecule has 112 valence electrons. The molecular formula is C15H18N2O4. The van der Waals surface area contributed by atoms with Crippen LogP contribution in [-0.2, 0) is 9.59 Å². The third-order valence-corrected chi connectivity index (χ3v) is 4.24. The molecule has 2 amide bonds. The highest BCUT2D eigenvalue weighted by Gasteiger charge is 2.50. The van der Waals surface area contributed by atoms with Crippen molar-refractivity contribution in [2.75, 3.05) is 10.6 Å². The van der Waals surface area contributed by atoms with Crippen molar-refractivity contribution in [1.29, 1.82) is 0 Å². The van der Waals surface area contributed by atoms with E-state index in [-0.39, 0.29) is 29.5 Å². The molecule has 1 aliphatic rings. The Morgan fingerprint density at radius 3 is 2.43 bits per heavy atom. The Kier molecular flexibility index (Phi) is 3.72. The second-order valence-electron chi connectivity index (χ2n) is 5.28. The number of nitrogens with zero attached hydrogens (tertiary/aromatic N) is 1. The van der Waals surface area contributed by atoms with Crippen LogP contribution in [0.4, 0.5) is 11.4 Å². The zero-order valence-corrected chi connectivity index (χ0v) is 12.0. The molecule has 0 aliphatic carbocycles. The Balaban J connectivity index is 2.57. The van der Waals surface area contributed by atoms with Crippen molar-refractivity contribution >= 4 is 29.2 Å². The normalized spacial score (nSPS) is 17.3. The second-order valence-corrected chi connectivity index (χ2v) is 5.28. The molecular weight excluding hydrogens is 272 g/mol. The van der Waals surface area contributed by atoms with E-state index in [1.807, 2.05) is 13.8 Å². The first-order valence-electron chi connectivity index (χ1n) is 6.86. The molecule has 0 unspecified atom stereocenters. The molecule has 1 aromatic carbocycles. The van der Waals surface area contributed by atoms with E-state index in [9.17, 15) is 19.5 Å². The molecule has 0 atom stereocenters. The number of aromatic carboxylic acids is 1. The van der Waals surface area contributed by atoms with Gasteiger partial charge >= 0.3 is 5.97 Å². The first-order valence-corrected chi connectivity index (χ1v) is 6.86. The summed E-state index contributed by atoms with van der Waals surface area (Å²) in [6, 6.07) is 4.11. The number of hydrogen-bond acceptors (Lipinski definition) is 4. The van der Waals surface area contributed by atoms with Crippen molar-refractivity contribution in [2.24, 2.45) is 5.41 Å². The summed E-state index contributed by atoms with van der Waals surface area (Å²) in [4.78, 5) is 37.2. The lowest BCUT2D eigenvalue weighted by molar-refractivity contribution is -0.126. The van der Waals surface area contributed by atoms with Crippen LogP contribution in [0.15, 0.2) is 18.2 Å². The van der Waals surface area contributed by atoms with Crippen LogP contribution >= 0.6 is 0 Å². The number of nitrogens with two attached hydrogens (primary N) is 1. The van der Waals surface area contributed by atoms with Crippen molar-refractivity contribution in [3.8, 4) is 0 Å². The monoisotopic (exact) mass is 290 g/mol. The van der Waals surface area contributed by atoms with Crippen molar-refractivity contribution in [3.05, 3.63) is 23.8 Å². The van der Waals surface area contributed by atoms with Gasteiger partial charge in [-0.05, 0) is 31.0 Å². The second kappa shape index (κ2) is 5.20. The highest BCUT2D eigenvalue weighted by Crippen LogP contribution is 2.42. The zero-order valence-electron chi connectivity index (χ0n) is 12.0. The minimum Gasteiger partial charge on any atom is -0.478 e. The number of carboxylic acids is 1. The summed E-state index contributed by atoms with van der Waals surface area (Å²) in [7, 11) is 0. The number of hydrogen-bond donors (Lipinski definition) is 2. The van der Waals surface area contributed by atoms with E-state index in [2.05, 4.69) is 0 Å². The van der Waals surface area contributed by atoms with Gasteiger partial charge in [-0.1, -0.05) is 13.8 Å². The quantitative estimate of drug-likeness (QED) is 0.652. The van der Waals surface area contributed by atoms with E-state index in [1.165, 1.54) is 18.2 Å². The van der Waals surface area contributed by atoms with Crippen LogP contribution in [0.1, 0.15) is 43.5 Å². The molecule has 6 heteroatoms. The SMILES string of the molecule is CCC1(CC)CC(=O)N(c2cc(N)ccc2C(=O)O)C1=O. The van der Waals surface area contributed by atoms with E-state index in [1.54, 1.807) is 0 Å². The third-order valence-electron chi connectivity index (χ3n) is 4.24. The van der Waals surface area contributed by atoms with Gasteiger partial charge < -0.3 is 10.8 Å². The van der Waals surface area contributed by atoms with Gasteiger partial charge in [-0.3, -0.25) is 9.59 Å². The highest BCUT2D eigenvalue weighted by atomic mass is 16.4. The molecule has 1 fully saturated rings. The summed E-state index contributed by atoms with van der Waals surface area (Å²) < 4.78 is 0. The van der Waals surface area contributed by atoms with Crippen LogP contribution in [-0.4, -0.2) is 22.9 Å². The fourth-order valence-electron chi connectivity index (χ4n) is 2.76. The van der Waals surface area contributed by atoms with Gasteiger partial charge in [-0.25, -0.2) is 9.69 Å². The van der Waals surface area contributed by atoms with Gasteiger partial charge in [0.25, 0.3) is 0 Å². The van der Waals surface area contributed by atoms with Gasteiger partial charge in [0.15, 0.2) is 0 Å². The van der Waals surface area contributed by atoms with Gasteiger partial charge in [0, 0.05) is 12.1 Å². The smallest absolute Gasteiger partial charge is 0.337 e. The van der Waals surface area contributed by atoms with Crippen molar-refractivity contribution < 1.29 is 19.5 Å². The van der Waals surface area contributed by atoms with Crippen LogP contribution in [0.5, 0.6) is 0 Å². The van der Waals surface area contributed by atoms with Gasteiger partial charge in [0.1, 0.15) is 0 Å². The molecule has 21 heavy (non-hydrogen) atoms. The highest BCUT2D eigenvalue weighted by molar-refractivity contribution is 6.24. The van der Waals surface area contributed by atoms with E-state index < -0.39 is 11.4 Å². The first-order chi connectivity index (χ1) is 9.86. The Labute approximate surface area is 122 Å². The molecule has 0 bridgehead atoms. The maximum absolute atomic E-state index is 12.7. The predicted octanol–water partition coefficient (Wildman–Crippen LogP) is 2.04. The molecule has 1 aliphatic heterocycles. The van der Waals surface area contributed by atoms with Gasteiger partial charge in [-0.2, -0.15) is 0 Å². The molecule has 1 aromatic rings. The molecule has 1 saturated heterocycles. The Hall–Kier alpha value is -2.37. The summed E-state index contributed by atoms with van der Waals surface area (Å²) in [5, 5.41) is 9.24. The number of carboxylic acid groups (broad SMARTS) is 1. The average Bonchev–Trinajstić information content (AvgIpc) is 2.69. The van der Waals surface area contributed by atoms with Crippen LogP contribution in [0.3, 0.4) is 0 Å². The molecule has 1 heterocycles. The molecule has 0 spiro atoms. The number of imide groups is 1. The first kappa shape index (κ1) is 15.0. The summed E-state index contributed by atoms with van der Waals surface area (Å²) in [6.45, 7) is 3.71. The Bertz CT molecular complexity index is 620. The number of nitrogen functional groups attached to an aromatic ring is 1. The van der Waals surface area contributed by atoms with Crippen LogP contribution in [0, 0.1) is 5.41 Å². The molecule has 0 aromatic heterocycles. The fourth-order valence-corrected chi connectivity index (χ4v) is 2.76. The summed E-state index contributed by atoms with van der Waals surface area (Å²) in [6.07, 6.45) is 1.18. The number of carbonyl (C=O) groups excluding carboxylic acids is 2. The molecule has 0 radical (unpaired) electrons. The predicted molar refractivity (Wildman–Crippen MR) is 77.9 cm³/mol. The van der Waals surface area contributed by atoms with Crippen LogP contribution in [0.2, 0.25) is 0 Å². The van der Waals surface area contributed by atoms with E-state index in [0.29, 0.717) is 18.5 Å². The maximum Gasteiger partial charge on any atom is 0.337 e. The topological polar surface area (TPSA) is 101 Å². The summed E-state index contributed by atoms with van der Waals surface area (Å²) in [5.74, 6) is -1.92. The Morgan fingerprint density at radius 1 is 1.33 bits per heavy atom. The molecule has 0 saturated carbocycles. The van der Waals surface area contributed by atoms with Gasteiger partial charge in [-0.15, -0.1) is 0 Å². The molecule has 6 nitrogen and oxygen atoms in total. The van der Waals surface area contributed by atoms with Crippen molar-refractivity contribution in [3.63, 3.8) is 0 Å². The van der Waals surface area contributed by atoms with Gasteiger partial charge in [0.05, 0.1) is 16.7 Å². The average molecular weight is 290 g/mol. The van der Waals surface area contributed by atoms with Crippen molar-refractivity contribution in [1.82, 2.24) is 0 Å². The largest absolute Gasteiger partial charge is 0.478 e. The molecule has 2 rings (SSSR count).